The molecular formula is C14H19N3O2. The van der Waals surface area contributed by atoms with Crippen molar-refractivity contribution in [3.05, 3.63) is 23.5 Å². The summed E-state index contributed by atoms with van der Waals surface area (Å²) in [6.07, 6.45) is 0. The van der Waals surface area contributed by atoms with Gasteiger partial charge in [0.25, 0.3) is 0 Å². The molecule has 0 atom stereocenters. The molecule has 0 radical (unpaired) electrons. The topological polar surface area (TPSA) is 59.0 Å². The quantitative estimate of drug-likeness (QED) is 0.886. The summed E-state index contributed by atoms with van der Waals surface area (Å²) in [4.78, 5) is 12.3. The molecule has 3 rings (SSSR count). The second-order valence-corrected chi connectivity index (χ2v) is 6.32. The van der Waals surface area contributed by atoms with Crippen LogP contribution in [0.5, 0.6) is 0 Å². The molecule has 5 heteroatoms. The van der Waals surface area contributed by atoms with Crippen molar-refractivity contribution in [1.29, 1.82) is 0 Å². The normalized spacial score (nSPS) is 23.6. The molecule has 2 aliphatic heterocycles. The van der Waals surface area contributed by atoms with Gasteiger partial charge in [-0.2, -0.15) is 0 Å². The van der Waals surface area contributed by atoms with Crippen LogP contribution in [0.4, 0.5) is 0 Å². The van der Waals surface area contributed by atoms with Gasteiger partial charge in [0.05, 0.1) is 11.1 Å². The van der Waals surface area contributed by atoms with E-state index in [-0.39, 0.29) is 11.1 Å². The van der Waals surface area contributed by atoms with Gasteiger partial charge in [0.2, 0.25) is 11.8 Å². The minimum atomic E-state index is -0.149. The first-order valence-corrected chi connectivity index (χ1v) is 6.50. The minimum absolute atomic E-state index is 0.149. The standard InChI is InChI=1S/C14H19N3O2/c1-13(2)7-18-11(16-13)9-5-6-10(15-9)12-17-14(3,4)8-19-12/h5-6,15H,7-8H2,1-4H3. The van der Waals surface area contributed by atoms with Crippen molar-refractivity contribution in [3.63, 3.8) is 0 Å². The zero-order valence-corrected chi connectivity index (χ0v) is 11.8. The van der Waals surface area contributed by atoms with E-state index in [0.717, 1.165) is 11.4 Å². The number of hydrogen-bond acceptors (Lipinski definition) is 4. The molecule has 19 heavy (non-hydrogen) atoms. The summed E-state index contributed by atoms with van der Waals surface area (Å²) in [5.41, 5.74) is 1.45. The molecular weight excluding hydrogens is 242 g/mol. The number of rotatable bonds is 2. The van der Waals surface area contributed by atoms with Crippen LogP contribution < -0.4 is 0 Å². The van der Waals surface area contributed by atoms with E-state index in [4.69, 9.17) is 9.47 Å². The van der Waals surface area contributed by atoms with Crippen LogP contribution in [0.2, 0.25) is 0 Å². The Morgan fingerprint density at radius 2 is 1.32 bits per heavy atom. The smallest absolute Gasteiger partial charge is 0.233 e. The predicted molar refractivity (Wildman–Crippen MR) is 73.9 cm³/mol. The number of nitrogens with zero attached hydrogens (tertiary/aromatic N) is 2. The number of aromatic amines is 1. The van der Waals surface area contributed by atoms with E-state index in [1.54, 1.807) is 0 Å². The van der Waals surface area contributed by atoms with E-state index < -0.39 is 0 Å². The Morgan fingerprint density at radius 1 is 0.895 bits per heavy atom. The van der Waals surface area contributed by atoms with Crippen LogP contribution in [0.15, 0.2) is 22.1 Å². The first-order valence-electron chi connectivity index (χ1n) is 6.50. The first kappa shape index (κ1) is 12.3. The minimum Gasteiger partial charge on any atom is -0.474 e. The Balaban J connectivity index is 1.86. The van der Waals surface area contributed by atoms with Gasteiger partial charge in [-0.1, -0.05) is 0 Å². The van der Waals surface area contributed by atoms with Crippen molar-refractivity contribution in [1.82, 2.24) is 4.98 Å². The molecule has 0 aromatic carbocycles. The molecule has 3 heterocycles. The number of aliphatic imine (C=N–C) groups is 2. The summed E-state index contributed by atoms with van der Waals surface area (Å²) in [7, 11) is 0. The fraction of sp³-hybridized carbons (Fsp3) is 0.571. The second kappa shape index (κ2) is 3.85. The number of nitrogens with one attached hydrogen (secondary N) is 1. The highest BCUT2D eigenvalue weighted by molar-refractivity contribution is 5.98. The van der Waals surface area contributed by atoms with Gasteiger partial charge in [-0.05, 0) is 39.8 Å². The van der Waals surface area contributed by atoms with Gasteiger partial charge in [0.1, 0.15) is 24.6 Å². The molecule has 0 bridgehead atoms. The molecule has 2 aliphatic rings. The van der Waals surface area contributed by atoms with E-state index in [0.29, 0.717) is 25.0 Å². The Kier molecular flexibility index (Phi) is 2.49. The average Bonchev–Trinajstić information content (AvgIpc) is 2.96. The second-order valence-electron chi connectivity index (χ2n) is 6.32. The van der Waals surface area contributed by atoms with Gasteiger partial charge in [-0.25, -0.2) is 9.98 Å². The number of ether oxygens (including phenoxy) is 2. The van der Waals surface area contributed by atoms with Crippen molar-refractivity contribution >= 4 is 11.8 Å². The highest BCUT2D eigenvalue weighted by atomic mass is 16.5. The van der Waals surface area contributed by atoms with Crippen LogP contribution in [-0.2, 0) is 9.47 Å². The third-order valence-electron chi connectivity index (χ3n) is 3.08. The van der Waals surface area contributed by atoms with Crippen molar-refractivity contribution in [3.8, 4) is 0 Å². The molecule has 0 spiro atoms. The highest BCUT2D eigenvalue weighted by Gasteiger charge is 2.30. The van der Waals surface area contributed by atoms with Crippen LogP contribution in [0.3, 0.4) is 0 Å². The lowest BCUT2D eigenvalue weighted by Gasteiger charge is -2.07. The molecule has 102 valence electrons. The van der Waals surface area contributed by atoms with Gasteiger partial charge in [-0.3, -0.25) is 0 Å². The summed E-state index contributed by atoms with van der Waals surface area (Å²) in [6, 6.07) is 3.90. The number of hydrogen-bond donors (Lipinski definition) is 1. The molecule has 1 aromatic heterocycles. The fourth-order valence-corrected chi connectivity index (χ4v) is 2.09. The molecule has 1 N–H and O–H groups in total. The molecule has 0 amide bonds. The lowest BCUT2D eigenvalue weighted by Crippen LogP contribution is -2.17. The van der Waals surface area contributed by atoms with E-state index >= 15 is 0 Å². The first-order chi connectivity index (χ1) is 8.85. The fourth-order valence-electron chi connectivity index (χ4n) is 2.09. The van der Waals surface area contributed by atoms with E-state index in [9.17, 15) is 0 Å². The largest absolute Gasteiger partial charge is 0.474 e. The van der Waals surface area contributed by atoms with Gasteiger partial charge in [0, 0.05) is 0 Å². The summed E-state index contributed by atoms with van der Waals surface area (Å²) in [5, 5.41) is 0. The molecule has 1 aromatic rings. The number of aromatic nitrogens is 1. The monoisotopic (exact) mass is 261 g/mol. The van der Waals surface area contributed by atoms with Crippen molar-refractivity contribution in [2.24, 2.45) is 9.98 Å². The van der Waals surface area contributed by atoms with Gasteiger partial charge in [0.15, 0.2) is 0 Å². The van der Waals surface area contributed by atoms with Gasteiger partial charge in [-0.15, -0.1) is 0 Å². The maximum absolute atomic E-state index is 5.61. The maximum atomic E-state index is 5.61. The van der Waals surface area contributed by atoms with Crippen LogP contribution >= 0.6 is 0 Å². The predicted octanol–water partition coefficient (Wildman–Crippen LogP) is 2.13. The van der Waals surface area contributed by atoms with E-state index in [1.807, 2.05) is 12.1 Å². The zero-order valence-electron chi connectivity index (χ0n) is 11.8. The van der Waals surface area contributed by atoms with Gasteiger partial charge >= 0.3 is 0 Å². The van der Waals surface area contributed by atoms with E-state index in [2.05, 4.69) is 42.7 Å². The Hall–Kier alpha value is -1.78. The number of H-pyrrole nitrogens is 1. The molecule has 5 nitrogen and oxygen atoms in total. The Morgan fingerprint density at radius 3 is 1.63 bits per heavy atom. The van der Waals surface area contributed by atoms with Crippen molar-refractivity contribution in [2.75, 3.05) is 13.2 Å². The zero-order chi connectivity index (χ0) is 13.7. The third kappa shape index (κ3) is 2.37. The van der Waals surface area contributed by atoms with E-state index in [1.165, 1.54) is 0 Å². The molecule has 0 aliphatic carbocycles. The molecule has 0 unspecified atom stereocenters. The lowest BCUT2D eigenvalue weighted by atomic mass is 10.1. The molecule has 0 fully saturated rings. The Labute approximate surface area is 112 Å². The van der Waals surface area contributed by atoms with Crippen LogP contribution in [0.1, 0.15) is 39.1 Å². The van der Waals surface area contributed by atoms with Crippen molar-refractivity contribution in [2.45, 2.75) is 38.8 Å². The summed E-state index contributed by atoms with van der Waals surface area (Å²) >= 11 is 0. The third-order valence-corrected chi connectivity index (χ3v) is 3.08. The summed E-state index contributed by atoms with van der Waals surface area (Å²) in [6.45, 7) is 9.43. The summed E-state index contributed by atoms with van der Waals surface area (Å²) in [5.74, 6) is 1.32. The Bertz CT molecular complexity index is 519. The molecule has 0 saturated heterocycles. The lowest BCUT2D eigenvalue weighted by molar-refractivity contribution is 0.278. The maximum Gasteiger partial charge on any atom is 0.233 e. The average molecular weight is 261 g/mol. The van der Waals surface area contributed by atoms with Crippen LogP contribution in [0.25, 0.3) is 0 Å². The van der Waals surface area contributed by atoms with Gasteiger partial charge < -0.3 is 14.5 Å². The summed E-state index contributed by atoms with van der Waals surface area (Å²) < 4.78 is 11.2. The highest BCUT2D eigenvalue weighted by Crippen LogP contribution is 2.23. The van der Waals surface area contributed by atoms with Crippen molar-refractivity contribution < 1.29 is 9.47 Å². The van der Waals surface area contributed by atoms with Crippen LogP contribution in [0, 0.1) is 0 Å². The SMILES string of the molecule is CC1(C)COC(c2ccc(C3=NC(C)(C)CO3)[nH]2)=N1. The van der Waals surface area contributed by atoms with Crippen LogP contribution in [-0.4, -0.2) is 41.1 Å². The molecule has 0 saturated carbocycles.